The van der Waals surface area contributed by atoms with Crippen molar-refractivity contribution in [3.63, 3.8) is 0 Å². The van der Waals surface area contributed by atoms with E-state index in [9.17, 15) is 0 Å². The number of hydrogen-bond donors (Lipinski definition) is 0. The van der Waals surface area contributed by atoms with Crippen LogP contribution in [0.3, 0.4) is 0 Å². The zero-order chi connectivity index (χ0) is 43.3. The molecule has 3 aromatic heterocycles. The van der Waals surface area contributed by atoms with E-state index >= 15 is 0 Å². The number of aromatic nitrogens is 1. The Morgan fingerprint density at radius 1 is 0.562 bits per heavy atom. The first-order valence-electron chi connectivity index (χ1n) is 22.9. The molecule has 0 saturated carbocycles. The van der Waals surface area contributed by atoms with E-state index in [2.05, 4.69) is 204 Å². The molecule has 5 heterocycles. The smallest absolute Gasteiger partial charge is 0.333 e. The van der Waals surface area contributed by atoms with E-state index in [4.69, 9.17) is 4.42 Å². The maximum atomic E-state index is 6.79. The molecule has 64 heavy (non-hydrogen) atoms. The predicted octanol–water partition coefficient (Wildman–Crippen LogP) is 15.2. The number of rotatable bonds is 1. The highest BCUT2D eigenvalue weighted by Gasteiger charge is 2.48. The zero-order valence-electron chi connectivity index (χ0n) is 37.6. The summed E-state index contributed by atoms with van der Waals surface area (Å²) in [6.07, 6.45) is 0. The third-order valence-corrected chi connectivity index (χ3v) is 16.5. The molecule has 0 unspecified atom stereocenters. The van der Waals surface area contributed by atoms with Gasteiger partial charge in [0.15, 0.2) is 0 Å². The maximum absolute atomic E-state index is 6.79. The maximum Gasteiger partial charge on any atom is 0.333 e. The van der Waals surface area contributed by atoms with E-state index < -0.39 is 0 Å². The fourth-order valence-corrected chi connectivity index (χ4v) is 13.3. The Bertz CT molecular complexity index is 3900. The van der Waals surface area contributed by atoms with E-state index in [0.717, 1.165) is 21.9 Å². The van der Waals surface area contributed by atoms with Crippen molar-refractivity contribution >= 4 is 104 Å². The van der Waals surface area contributed by atoms with Crippen LogP contribution in [-0.4, -0.2) is 11.4 Å². The first-order chi connectivity index (χ1) is 30.8. The molecule has 3 nitrogen and oxygen atoms in total. The standard InChI is InChI=1S/C59H47BN2OS/c1-57(2,3)32-21-24-34(25-22-32)62-46-31-49-39(36-16-10-13-19-48(36)63-49)28-41(46)51-52-37-17-11-14-20-50(37)64-56(52)53-40-27-33(58(4,5)6)23-26-45(40)61-47-29-38-35-15-9-12-18-42(35)59(7,8)43(38)30-44(47)60(62)54(51)55(53)61/h9-31H,1-8H3. The largest absolute Gasteiger partial charge is 0.456 e. The summed E-state index contributed by atoms with van der Waals surface area (Å²) in [4.78, 5) is 2.68. The highest BCUT2D eigenvalue weighted by atomic mass is 32.1. The molecule has 0 N–H and O–H groups in total. The summed E-state index contributed by atoms with van der Waals surface area (Å²) >= 11 is 1.96. The molecular weight excluding hydrogens is 796 g/mol. The molecule has 2 aliphatic heterocycles. The van der Waals surface area contributed by atoms with Crippen molar-refractivity contribution < 1.29 is 4.42 Å². The zero-order valence-corrected chi connectivity index (χ0v) is 38.4. The van der Waals surface area contributed by atoms with Crippen molar-refractivity contribution in [2.45, 2.75) is 71.6 Å². The molecule has 0 atom stereocenters. The molecule has 0 bridgehead atoms. The van der Waals surface area contributed by atoms with Gasteiger partial charge >= 0.3 is 6.85 Å². The lowest BCUT2D eigenvalue weighted by Gasteiger charge is -2.42. The molecule has 11 aromatic rings. The summed E-state index contributed by atoms with van der Waals surface area (Å²) < 4.78 is 12.2. The molecule has 5 heteroatoms. The average Bonchev–Trinajstić information content (AvgIpc) is 4.01. The van der Waals surface area contributed by atoms with Gasteiger partial charge in [0, 0.05) is 75.8 Å². The van der Waals surface area contributed by atoms with Crippen molar-refractivity contribution in [2.24, 2.45) is 0 Å². The highest BCUT2D eigenvalue weighted by molar-refractivity contribution is 7.27. The van der Waals surface area contributed by atoms with Gasteiger partial charge in [0.1, 0.15) is 11.2 Å². The van der Waals surface area contributed by atoms with Gasteiger partial charge in [-0.25, -0.2) is 0 Å². The van der Waals surface area contributed by atoms with Crippen molar-refractivity contribution in [1.29, 1.82) is 0 Å². The molecule has 0 fully saturated rings. The molecule has 3 aliphatic rings. The molecule has 0 radical (unpaired) electrons. The lowest BCUT2D eigenvalue weighted by Crippen LogP contribution is -2.60. The van der Waals surface area contributed by atoms with Crippen LogP contribution in [0.1, 0.15) is 77.6 Å². The molecule has 0 amide bonds. The Hall–Kier alpha value is -6.56. The van der Waals surface area contributed by atoms with Gasteiger partial charge < -0.3 is 13.8 Å². The van der Waals surface area contributed by atoms with Crippen LogP contribution in [0.5, 0.6) is 0 Å². The second-order valence-electron chi connectivity index (χ2n) is 21.3. The number of thiophene rings is 1. The van der Waals surface area contributed by atoms with Crippen molar-refractivity contribution in [1.82, 2.24) is 4.57 Å². The van der Waals surface area contributed by atoms with Gasteiger partial charge in [-0.1, -0.05) is 140 Å². The van der Waals surface area contributed by atoms with Crippen molar-refractivity contribution in [3.8, 4) is 27.9 Å². The minimum absolute atomic E-state index is 0.0134. The Morgan fingerprint density at radius 2 is 1.28 bits per heavy atom. The van der Waals surface area contributed by atoms with Crippen LogP contribution in [0.4, 0.5) is 11.4 Å². The average molecular weight is 843 g/mol. The van der Waals surface area contributed by atoms with Crippen LogP contribution in [0, 0.1) is 0 Å². The van der Waals surface area contributed by atoms with Gasteiger partial charge in [0.05, 0.1) is 11.0 Å². The first kappa shape index (κ1) is 36.9. The quantitative estimate of drug-likeness (QED) is 0.154. The third-order valence-electron chi connectivity index (χ3n) is 15.3. The van der Waals surface area contributed by atoms with Gasteiger partial charge in [-0.2, -0.15) is 0 Å². The molecule has 0 saturated heterocycles. The van der Waals surface area contributed by atoms with Crippen LogP contribution < -0.4 is 15.7 Å². The first-order valence-corrected chi connectivity index (χ1v) is 23.7. The minimum Gasteiger partial charge on any atom is -0.456 e. The highest BCUT2D eigenvalue weighted by Crippen LogP contribution is 2.55. The predicted molar refractivity (Wildman–Crippen MR) is 275 cm³/mol. The van der Waals surface area contributed by atoms with E-state index in [-0.39, 0.29) is 23.1 Å². The number of anilines is 2. The Kier molecular flexibility index (Phi) is 6.89. The van der Waals surface area contributed by atoms with E-state index in [1.165, 1.54) is 114 Å². The molecule has 8 aromatic carbocycles. The number of fused-ring (bicyclic) bond motifs is 19. The fraction of sp³-hybridized carbons (Fsp3) is 0.186. The fourth-order valence-electron chi connectivity index (χ4n) is 12.1. The second kappa shape index (κ2) is 12.0. The SMILES string of the molecule is CC(C)(C)c1ccc(N2B3c4cc5c(cc4-n4c6ccc(C(C)(C)C)cc6c6c7sc8ccccc8c7c(c3c64)-c3cc4c(cc32)oc2ccccc24)-c2ccccc2C5(C)C)cc1. The summed E-state index contributed by atoms with van der Waals surface area (Å²) in [6.45, 7) is 18.7. The monoisotopic (exact) mass is 842 g/mol. The number of hydrogen-bond acceptors (Lipinski definition) is 3. The van der Waals surface area contributed by atoms with E-state index in [1.807, 2.05) is 11.3 Å². The van der Waals surface area contributed by atoms with Crippen LogP contribution in [0.25, 0.3) is 91.9 Å². The van der Waals surface area contributed by atoms with Gasteiger partial charge in [0.25, 0.3) is 0 Å². The molecular formula is C59H47BN2OS. The van der Waals surface area contributed by atoms with Crippen LogP contribution in [-0.2, 0) is 16.2 Å². The second-order valence-corrected chi connectivity index (χ2v) is 22.3. The summed E-state index contributed by atoms with van der Waals surface area (Å²) in [5.74, 6) is 0. The summed E-state index contributed by atoms with van der Waals surface area (Å²) in [7, 11) is 0. The number of para-hydroxylation sites is 1. The lowest BCUT2D eigenvalue weighted by atomic mass is 9.43. The van der Waals surface area contributed by atoms with E-state index in [1.54, 1.807) is 0 Å². The lowest BCUT2D eigenvalue weighted by molar-refractivity contribution is 0.590. The molecule has 0 spiro atoms. The summed E-state index contributed by atoms with van der Waals surface area (Å²) in [5.41, 5.74) is 21.4. The summed E-state index contributed by atoms with van der Waals surface area (Å²) in [6, 6.07) is 53.6. The van der Waals surface area contributed by atoms with Gasteiger partial charge in [0.2, 0.25) is 0 Å². The minimum atomic E-state index is -0.167. The number of nitrogens with zero attached hydrogens (tertiary/aromatic N) is 2. The van der Waals surface area contributed by atoms with Crippen LogP contribution >= 0.6 is 11.3 Å². The summed E-state index contributed by atoms with van der Waals surface area (Å²) in [5, 5.41) is 7.69. The van der Waals surface area contributed by atoms with Crippen molar-refractivity contribution in [3.05, 3.63) is 162 Å². The van der Waals surface area contributed by atoms with Crippen LogP contribution in [0.2, 0.25) is 0 Å². The molecule has 14 rings (SSSR count). The number of furan rings is 1. The topological polar surface area (TPSA) is 21.3 Å². The number of benzene rings is 8. The Morgan fingerprint density at radius 3 is 2.08 bits per heavy atom. The van der Waals surface area contributed by atoms with Crippen LogP contribution in [0.15, 0.2) is 144 Å². The van der Waals surface area contributed by atoms with Gasteiger partial charge in [-0.3, -0.25) is 0 Å². The van der Waals surface area contributed by atoms with Gasteiger partial charge in [-0.15, -0.1) is 11.3 Å². The Balaban J connectivity index is 1.23. The normalized spacial score (nSPS) is 14.9. The van der Waals surface area contributed by atoms with Gasteiger partial charge in [-0.05, 0) is 109 Å². The van der Waals surface area contributed by atoms with E-state index in [0.29, 0.717) is 0 Å². The molecule has 308 valence electrons. The van der Waals surface area contributed by atoms with Crippen molar-refractivity contribution in [2.75, 3.05) is 4.81 Å². The Labute approximate surface area is 377 Å². The molecule has 1 aliphatic carbocycles. The third kappa shape index (κ3) is 4.58.